The number of anilines is 2. The number of benzene rings is 2. The fourth-order valence-corrected chi connectivity index (χ4v) is 2.70. The van der Waals surface area contributed by atoms with Gasteiger partial charge in [0.1, 0.15) is 0 Å². The minimum Gasteiger partial charge on any atom is -0.395 e. The van der Waals surface area contributed by atoms with Crippen LogP contribution < -0.4 is 10.2 Å². The number of aliphatic hydroxyl groups is 1. The molecule has 0 aliphatic rings. The summed E-state index contributed by atoms with van der Waals surface area (Å²) >= 11 is 0. The summed E-state index contributed by atoms with van der Waals surface area (Å²) in [7, 11) is 1.91. The highest BCUT2D eigenvalue weighted by molar-refractivity contribution is 6.11. The Labute approximate surface area is 146 Å². The van der Waals surface area contributed by atoms with Crippen LogP contribution in [0.2, 0.25) is 0 Å². The molecule has 3 aromatic rings. The SMILES string of the molecule is Cc1ccc2cccc(C(=O)Nc3ccc(N(C)CCO)cc3)c2n1. The summed E-state index contributed by atoms with van der Waals surface area (Å²) < 4.78 is 0. The van der Waals surface area contributed by atoms with Gasteiger partial charge >= 0.3 is 0 Å². The Morgan fingerprint density at radius 3 is 2.60 bits per heavy atom. The molecule has 1 aromatic heterocycles. The third kappa shape index (κ3) is 3.78. The van der Waals surface area contributed by atoms with Gasteiger partial charge in [0.2, 0.25) is 0 Å². The van der Waals surface area contributed by atoms with Crippen LogP contribution >= 0.6 is 0 Å². The number of aromatic nitrogens is 1. The number of rotatable bonds is 5. The summed E-state index contributed by atoms with van der Waals surface area (Å²) in [5.41, 5.74) is 3.84. The van der Waals surface area contributed by atoms with Crippen molar-refractivity contribution in [2.45, 2.75) is 6.92 Å². The van der Waals surface area contributed by atoms with Gasteiger partial charge in [-0.05, 0) is 43.3 Å². The van der Waals surface area contributed by atoms with Crippen LogP contribution in [0.3, 0.4) is 0 Å². The lowest BCUT2D eigenvalue weighted by Gasteiger charge is -2.18. The standard InChI is InChI=1S/C20H21N3O2/c1-14-6-7-15-4-3-5-18(19(15)21-14)20(25)22-16-8-10-17(11-9-16)23(2)12-13-24/h3-11,24H,12-13H2,1-2H3,(H,22,25). The van der Waals surface area contributed by atoms with Crippen LogP contribution in [0.25, 0.3) is 10.9 Å². The van der Waals surface area contributed by atoms with Crippen molar-refractivity contribution in [3.63, 3.8) is 0 Å². The van der Waals surface area contributed by atoms with E-state index in [2.05, 4.69) is 10.3 Å². The first-order valence-corrected chi connectivity index (χ1v) is 8.18. The molecule has 1 amide bonds. The van der Waals surface area contributed by atoms with E-state index in [9.17, 15) is 4.79 Å². The predicted molar refractivity (Wildman–Crippen MR) is 101 cm³/mol. The summed E-state index contributed by atoms with van der Waals surface area (Å²) in [4.78, 5) is 19.1. The van der Waals surface area contributed by atoms with Gasteiger partial charge in [-0.15, -0.1) is 0 Å². The van der Waals surface area contributed by atoms with Gasteiger partial charge in [0, 0.05) is 36.0 Å². The minimum absolute atomic E-state index is 0.0997. The van der Waals surface area contributed by atoms with Gasteiger partial charge < -0.3 is 15.3 Å². The number of para-hydroxylation sites is 1. The Hall–Kier alpha value is -2.92. The van der Waals surface area contributed by atoms with Crippen molar-refractivity contribution in [3.05, 3.63) is 65.9 Å². The number of hydrogen-bond donors (Lipinski definition) is 2. The van der Waals surface area contributed by atoms with Crippen LogP contribution in [0, 0.1) is 6.92 Å². The first-order valence-electron chi connectivity index (χ1n) is 8.18. The number of hydrogen-bond acceptors (Lipinski definition) is 4. The lowest BCUT2D eigenvalue weighted by molar-refractivity contribution is 0.102. The Morgan fingerprint density at radius 2 is 1.88 bits per heavy atom. The van der Waals surface area contributed by atoms with E-state index in [-0.39, 0.29) is 12.5 Å². The summed E-state index contributed by atoms with van der Waals surface area (Å²) in [5.74, 6) is -0.180. The molecule has 0 spiro atoms. The minimum atomic E-state index is -0.180. The average molecular weight is 335 g/mol. The molecule has 0 aliphatic heterocycles. The van der Waals surface area contributed by atoms with Gasteiger partial charge in [-0.3, -0.25) is 9.78 Å². The molecule has 25 heavy (non-hydrogen) atoms. The summed E-state index contributed by atoms with van der Waals surface area (Å²) in [6, 6.07) is 17.0. The second-order valence-corrected chi connectivity index (χ2v) is 5.98. The van der Waals surface area contributed by atoms with E-state index in [0.29, 0.717) is 17.6 Å². The third-order valence-corrected chi connectivity index (χ3v) is 4.11. The molecular formula is C20H21N3O2. The molecular weight excluding hydrogens is 314 g/mol. The summed E-state index contributed by atoms with van der Waals surface area (Å²) in [6.45, 7) is 2.57. The van der Waals surface area contributed by atoms with Crippen molar-refractivity contribution in [1.29, 1.82) is 0 Å². The number of nitrogens with zero attached hydrogens (tertiary/aromatic N) is 2. The largest absolute Gasteiger partial charge is 0.395 e. The van der Waals surface area contributed by atoms with E-state index in [4.69, 9.17) is 5.11 Å². The zero-order chi connectivity index (χ0) is 17.8. The van der Waals surface area contributed by atoms with Crippen LogP contribution in [0.5, 0.6) is 0 Å². The van der Waals surface area contributed by atoms with E-state index in [1.165, 1.54) is 0 Å². The van der Waals surface area contributed by atoms with E-state index < -0.39 is 0 Å². The lowest BCUT2D eigenvalue weighted by atomic mass is 10.1. The highest BCUT2D eigenvalue weighted by Crippen LogP contribution is 2.20. The number of carbonyl (C=O) groups is 1. The number of pyridine rings is 1. The zero-order valence-corrected chi connectivity index (χ0v) is 14.4. The monoisotopic (exact) mass is 335 g/mol. The van der Waals surface area contributed by atoms with Crippen LogP contribution in [-0.2, 0) is 0 Å². The van der Waals surface area contributed by atoms with E-state index in [0.717, 1.165) is 22.5 Å². The van der Waals surface area contributed by atoms with Crippen LogP contribution in [0.15, 0.2) is 54.6 Å². The number of likely N-dealkylation sites (N-methyl/N-ethyl adjacent to an activating group) is 1. The van der Waals surface area contributed by atoms with E-state index >= 15 is 0 Å². The zero-order valence-electron chi connectivity index (χ0n) is 14.4. The maximum Gasteiger partial charge on any atom is 0.257 e. The maximum atomic E-state index is 12.7. The quantitative estimate of drug-likeness (QED) is 0.751. The maximum absolute atomic E-state index is 12.7. The smallest absolute Gasteiger partial charge is 0.257 e. The molecule has 0 fully saturated rings. The average Bonchev–Trinajstić information content (AvgIpc) is 2.62. The van der Waals surface area contributed by atoms with Crippen molar-refractivity contribution in [3.8, 4) is 0 Å². The molecule has 2 N–H and O–H groups in total. The molecule has 0 unspecified atom stereocenters. The molecule has 0 bridgehead atoms. The molecule has 0 atom stereocenters. The molecule has 0 saturated heterocycles. The number of amides is 1. The fraction of sp³-hybridized carbons (Fsp3) is 0.200. The molecule has 0 saturated carbocycles. The molecule has 0 radical (unpaired) electrons. The van der Waals surface area contributed by atoms with Gasteiger partial charge in [-0.1, -0.05) is 18.2 Å². The van der Waals surface area contributed by atoms with Crippen molar-refractivity contribution in [2.24, 2.45) is 0 Å². The van der Waals surface area contributed by atoms with E-state index in [1.54, 1.807) is 6.07 Å². The fourth-order valence-electron chi connectivity index (χ4n) is 2.70. The highest BCUT2D eigenvalue weighted by atomic mass is 16.3. The molecule has 128 valence electrons. The molecule has 0 aliphatic carbocycles. The topological polar surface area (TPSA) is 65.5 Å². The van der Waals surface area contributed by atoms with Gasteiger partial charge in [0.15, 0.2) is 0 Å². The van der Waals surface area contributed by atoms with Gasteiger partial charge in [-0.2, -0.15) is 0 Å². The number of fused-ring (bicyclic) bond motifs is 1. The molecule has 5 heteroatoms. The van der Waals surface area contributed by atoms with Crippen molar-refractivity contribution in [1.82, 2.24) is 4.98 Å². The van der Waals surface area contributed by atoms with Gasteiger partial charge in [-0.25, -0.2) is 0 Å². The van der Waals surface area contributed by atoms with Crippen LogP contribution in [-0.4, -0.2) is 36.2 Å². The second kappa shape index (κ2) is 7.32. The molecule has 3 rings (SSSR count). The number of aliphatic hydroxyl groups excluding tert-OH is 1. The lowest BCUT2D eigenvalue weighted by Crippen LogP contribution is -2.21. The van der Waals surface area contributed by atoms with Crippen LogP contribution in [0.1, 0.15) is 16.1 Å². The Morgan fingerprint density at radius 1 is 1.12 bits per heavy atom. The van der Waals surface area contributed by atoms with Crippen molar-refractivity contribution >= 4 is 28.2 Å². The third-order valence-electron chi connectivity index (χ3n) is 4.11. The summed E-state index contributed by atoms with van der Waals surface area (Å²) in [6.07, 6.45) is 0. The predicted octanol–water partition coefficient (Wildman–Crippen LogP) is 3.22. The first-order chi connectivity index (χ1) is 12.1. The van der Waals surface area contributed by atoms with Crippen molar-refractivity contribution < 1.29 is 9.90 Å². The Kier molecular flexibility index (Phi) is 4.95. The van der Waals surface area contributed by atoms with Gasteiger partial charge in [0.25, 0.3) is 5.91 Å². The van der Waals surface area contributed by atoms with E-state index in [1.807, 2.05) is 67.4 Å². The first kappa shape index (κ1) is 16.9. The molecule has 2 aromatic carbocycles. The summed E-state index contributed by atoms with van der Waals surface area (Å²) in [5, 5.41) is 12.9. The van der Waals surface area contributed by atoms with Gasteiger partial charge in [0.05, 0.1) is 17.7 Å². The Balaban J connectivity index is 1.82. The second-order valence-electron chi connectivity index (χ2n) is 5.98. The molecule has 5 nitrogen and oxygen atoms in total. The number of carbonyl (C=O) groups excluding carboxylic acids is 1. The van der Waals surface area contributed by atoms with Crippen molar-refractivity contribution in [2.75, 3.05) is 30.4 Å². The normalized spacial score (nSPS) is 10.7. The molecule has 1 heterocycles. The number of aryl methyl sites for hydroxylation is 1. The Bertz CT molecular complexity index is 891. The highest BCUT2D eigenvalue weighted by Gasteiger charge is 2.12. The van der Waals surface area contributed by atoms with Crippen LogP contribution in [0.4, 0.5) is 11.4 Å². The number of nitrogens with one attached hydrogen (secondary N) is 1.